The molecule has 6 nitrogen and oxygen atoms in total. The van der Waals surface area contributed by atoms with Gasteiger partial charge in [-0.2, -0.15) is 0 Å². The molecule has 0 aliphatic carbocycles. The molecule has 0 saturated carbocycles. The molecule has 6 heteroatoms. The van der Waals surface area contributed by atoms with Crippen molar-refractivity contribution in [1.29, 1.82) is 0 Å². The monoisotopic (exact) mass is 458 g/mol. The smallest absolute Gasteiger partial charge is 0.180 e. The second kappa shape index (κ2) is 10.8. The lowest BCUT2D eigenvalue weighted by Gasteiger charge is -2.26. The van der Waals surface area contributed by atoms with Crippen molar-refractivity contribution in [2.75, 3.05) is 18.0 Å². The number of rotatable bonds is 8. The minimum absolute atomic E-state index is 0.124. The van der Waals surface area contributed by atoms with E-state index in [-0.39, 0.29) is 5.41 Å². The van der Waals surface area contributed by atoms with Crippen LogP contribution in [0.3, 0.4) is 0 Å². The maximum Gasteiger partial charge on any atom is 0.180 e. The molecule has 1 N–H and O–H groups in total. The van der Waals surface area contributed by atoms with Crippen molar-refractivity contribution < 1.29 is 0 Å². The predicted octanol–water partition coefficient (Wildman–Crippen LogP) is 6.91. The number of aromatic amines is 1. The molecule has 0 saturated heterocycles. The SMILES string of the molecule is CC/C(C)=C(\C(=N/c1ccc(N(CC)CC)nc1C)c1nnc(-c2ccccc2)[nH]1)C(C)(C)C. The van der Waals surface area contributed by atoms with Gasteiger partial charge in [-0.3, -0.25) is 0 Å². The lowest BCUT2D eigenvalue weighted by molar-refractivity contribution is 0.517. The van der Waals surface area contributed by atoms with Gasteiger partial charge in [-0.1, -0.05) is 63.6 Å². The molecule has 3 rings (SSSR count). The van der Waals surface area contributed by atoms with Gasteiger partial charge in [0.15, 0.2) is 11.6 Å². The van der Waals surface area contributed by atoms with Crippen LogP contribution in [-0.4, -0.2) is 39.0 Å². The highest BCUT2D eigenvalue weighted by Crippen LogP contribution is 2.34. The molecule has 0 spiro atoms. The number of hydrogen-bond acceptors (Lipinski definition) is 5. The zero-order chi connectivity index (χ0) is 24.9. The number of nitrogens with one attached hydrogen (secondary N) is 1. The second-order valence-corrected chi connectivity index (χ2v) is 9.55. The highest BCUT2D eigenvalue weighted by molar-refractivity contribution is 6.12. The third-order valence-corrected chi connectivity index (χ3v) is 6.07. The molecule has 0 radical (unpaired) electrons. The minimum Gasteiger partial charge on any atom is -0.357 e. The van der Waals surface area contributed by atoms with Crippen molar-refractivity contribution in [3.8, 4) is 11.4 Å². The summed E-state index contributed by atoms with van der Waals surface area (Å²) in [7, 11) is 0. The summed E-state index contributed by atoms with van der Waals surface area (Å²) in [6.45, 7) is 19.2. The van der Waals surface area contributed by atoms with Crippen LogP contribution < -0.4 is 4.90 Å². The van der Waals surface area contributed by atoms with Crippen LogP contribution >= 0.6 is 0 Å². The van der Waals surface area contributed by atoms with E-state index >= 15 is 0 Å². The highest BCUT2D eigenvalue weighted by atomic mass is 15.2. The van der Waals surface area contributed by atoms with E-state index in [2.05, 4.69) is 80.7 Å². The summed E-state index contributed by atoms with van der Waals surface area (Å²) in [5.74, 6) is 2.38. The fraction of sp³-hybridized carbons (Fsp3) is 0.429. The lowest BCUT2D eigenvalue weighted by atomic mass is 9.79. The summed E-state index contributed by atoms with van der Waals surface area (Å²) >= 11 is 0. The molecule has 0 atom stereocenters. The molecule has 180 valence electrons. The zero-order valence-electron chi connectivity index (χ0n) is 21.9. The van der Waals surface area contributed by atoms with Gasteiger partial charge < -0.3 is 9.88 Å². The Balaban J connectivity index is 2.19. The van der Waals surface area contributed by atoms with E-state index in [1.165, 1.54) is 11.1 Å². The van der Waals surface area contributed by atoms with E-state index in [0.717, 1.165) is 53.8 Å². The second-order valence-electron chi connectivity index (χ2n) is 9.55. The van der Waals surface area contributed by atoms with Gasteiger partial charge in [0.1, 0.15) is 11.5 Å². The largest absolute Gasteiger partial charge is 0.357 e. The Labute approximate surface area is 204 Å². The van der Waals surface area contributed by atoms with Gasteiger partial charge in [0.05, 0.1) is 11.4 Å². The molecule has 0 fully saturated rings. The minimum atomic E-state index is -0.124. The normalized spacial score (nSPS) is 13.1. The number of H-pyrrole nitrogens is 1. The van der Waals surface area contributed by atoms with Crippen molar-refractivity contribution in [3.63, 3.8) is 0 Å². The van der Waals surface area contributed by atoms with Gasteiger partial charge >= 0.3 is 0 Å². The molecular formula is C28H38N6. The third kappa shape index (κ3) is 5.61. The van der Waals surface area contributed by atoms with Gasteiger partial charge in [-0.25, -0.2) is 9.98 Å². The average molecular weight is 459 g/mol. The van der Waals surface area contributed by atoms with E-state index in [9.17, 15) is 0 Å². The van der Waals surface area contributed by atoms with Crippen molar-refractivity contribution in [1.82, 2.24) is 20.2 Å². The van der Waals surface area contributed by atoms with E-state index in [4.69, 9.17) is 9.98 Å². The van der Waals surface area contributed by atoms with Crippen LogP contribution in [0.15, 0.2) is 58.6 Å². The third-order valence-electron chi connectivity index (χ3n) is 6.07. The summed E-state index contributed by atoms with van der Waals surface area (Å²) in [6, 6.07) is 14.2. The molecule has 34 heavy (non-hydrogen) atoms. The number of nitrogens with zero attached hydrogens (tertiary/aromatic N) is 5. The molecule has 2 aromatic heterocycles. The molecule has 0 aliphatic heterocycles. The summed E-state index contributed by atoms with van der Waals surface area (Å²) in [4.78, 5) is 15.7. The van der Waals surface area contributed by atoms with E-state index in [1.54, 1.807) is 0 Å². The van der Waals surface area contributed by atoms with Crippen LogP contribution in [0.1, 0.15) is 66.4 Å². The maximum atomic E-state index is 5.17. The molecule has 2 heterocycles. The fourth-order valence-electron chi connectivity index (χ4n) is 4.20. The Bertz CT molecular complexity index is 1160. The molecular weight excluding hydrogens is 420 g/mol. The molecule has 0 amide bonds. The van der Waals surface area contributed by atoms with Crippen molar-refractivity contribution in [3.05, 3.63) is 65.1 Å². The first-order chi connectivity index (χ1) is 16.2. The van der Waals surface area contributed by atoms with Gasteiger partial charge in [-0.15, -0.1) is 10.2 Å². The van der Waals surface area contributed by atoms with Crippen LogP contribution in [0.4, 0.5) is 11.5 Å². The first-order valence-electron chi connectivity index (χ1n) is 12.2. The van der Waals surface area contributed by atoms with Crippen LogP contribution in [0.2, 0.25) is 0 Å². The van der Waals surface area contributed by atoms with E-state index in [1.807, 2.05) is 37.3 Å². The first kappa shape index (κ1) is 25.3. The molecule has 3 aromatic rings. The summed E-state index contributed by atoms with van der Waals surface area (Å²) < 4.78 is 0. The number of pyridine rings is 1. The first-order valence-corrected chi connectivity index (χ1v) is 12.2. The van der Waals surface area contributed by atoms with Gasteiger partial charge in [0, 0.05) is 18.7 Å². The van der Waals surface area contributed by atoms with Gasteiger partial charge in [-0.05, 0) is 57.2 Å². The van der Waals surface area contributed by atoms with Crippen LogP contribution in [0.5, 0.6) is 0 Å². The number of allylic oxidation sites excluding steroid dienone is 2. The Morgan fingerprint density at radius 2 is 1.65 bits per heavy atom. The van der Waals surface area contributed by atoms with Crippen molar-refractivity contribution >= 4 is 17.2 Å². The number of aryl methyl sites for hydroxylation is 1. The molecule has 0 bridgehead atoms. The Morgan fingerprint density at radius 3 is 2.21 bits per heavy atom. The number of anilines is 1. The Kier molecular flexibility index (Phi) is 8.02. The van der Waals surface area contributed by atoms with E-state index < -0.39 is 0 Å². The number of aromatic nitrogens is 4. The summed E-state index contributed by atoms with van der Waals surface area (Å²) in [5.41, 5.74) is 5.90. The highest BCUT2D eigenvalue weighted by Gasteiger charge is 2.28. The Hall–Kier alpha value is -3.28. The molecule has 0 aliphatic rings. The van der Waals surface area contributed by atoms with Crippen molar-refractivity contribution in [2.24, 2.45) is 10.4 Å². The van der Waals surface area contributed by atoms with Crippen molar-refractivity contribution in [2.45, 2.75) is 61.8 Å². The summed E-state index contributed by atoms with van der Waals surface area (Å²) in [5, 5.41) is 8.99. The number of aliphatic imine (C=N–C) groups is 1. The molecule has 1 aromatic carbocycles. The molecule has 0 unspecified atom stereocenters. The van der Waals surface area contributed by atoms with E-state index in [0.29, 0.717) is 5.82 Å². The fourth-order valence-corrected chi connectivity index (χ4v) is 4.20. The zero-order valence-corrected chi connectivity index (χ0v) is 21.9. The Morgan fingerprint density at radius 1 is 0.971 bits per heavy atom. The summed E-state index contributed by atoms with van der Waals surface area (Å²) in [6.07, 6.45) is 0.934. The average Bonchev–Trinajstić information content (AvgIpc) is 3.30. The number of benzene rings is 1. The van der Waals surface area contributed by atoms with Crippen LogP contribution in [0.25, 0.3) is 11.4 Å². The van der Waals surface area contributed by atoms with Crippen LogP contribution in [-0.2, 0) is 0 Å². The standard InChI is InChI=1S/C28H38N6/c1-9-19(4)24(28(6,7)8)25(27-31-26(32-33-27)21-15-13-12-14-16-21)30-22-17-18-23(29-20(22)5)34(10-2)11-3/h12-18H,9-11H2,1-8H3,(H,31,32,33)/b24-19+,30-25+. The number of hydrogen-bond donors (Lipinski definition) is 1. The van der Waals surface area contributed by atoms with Gasteiger partial charge in [0.2, 0.25) is 0 Å². The van der Waals surface area contributed by atoms with Crippen LogP contribution in [0, 0.1) is 12.3 Å². The predicted molar refractivity (Wildman–Crippen MR) is 143 cm³/mol. The lowest BCUT2D eigenvalue weighted by Crippen LogP contribution is -2.23. The maximum absolute atomic E-state index is 5.17. The quantitative estimate of drug-likeness (QED) is 0.372. The topological polar surface area (TPSA) is 70.1 Å². The van der Waals surface area contributed by atoms with Gasteiger partial charge in [0.25, 0.3) is 0 Å².